The first-order valence-corrected chi connectivity index (χ1v) is 7.74. The fourth-order valence-electron chi connectivity index (χ4n) is 2.70. The van der Waals surface area contributed by atoms with Crippen molar-refractivity contribution in [2.75, 3.05) is 6.54 Å². The predicted molar refractivity (Wildman–Crippen MR) is 79.8 cm³/mol. The van der Waals surface area contributed by atoms with Crippen LogP contribution in [-0.4, -0.2) is 33.3 Å². The maximum absolute atomic E-state index is 12.6. The number of amides is 1. The van der Waals surface area contributed by atoms with Crippen molar-refractivity contribution in [1.29, 1.82) is 0 Å². The maximum atomic E-state index is 12.6. The highest BCUT2D eigenvalue weighted by molar-refractivity contribution is 9.09. The number of nitrogens with zero attached hydrogens (tertiary/aromatic N) is 1. The third kappa shape index (κ3) is 3.50. The van der Waals surface area contributed by atoms with E-state index in [2.05, 4.69) is 22.9 Å². The van der Waals surface area contributed by atoms with Crippen LogP contribution in [0.4, 0.5) is 0 Å². The maximum Gasteiger partial charge on any atom is 0.257 e. The van der Waals surface area contributed by atoms with Gasteiger partial charge in [0.05, 0.1) is 5.56 Å². The highest BCUT2D eigenvalue weighted by atomic mass is 79.9. The molecule has 1 fully saturated rings. The normalized spacial score (nSPS) is 21.2. The number of hydrogen-bond acceptors (Lipinski definition) is 2. The smallest absolute Gasteiger partial charge is 0.257 e. The van der Waals surface area contributed by atoms with Gasteiger partial charge < -0.3 is 10.0 Å². The number of piperidine rings is 1. The summed E-state index contributed by atoms with van der Waals surface area (Å²) in [5, 5.41) is 9.82. The van der Waals surface area contributed by atoms with E-state index in [9.17, 15) is 9.90 Å². The first-order valence-electron chi connectivity index (χ1n) is 6.82. The largest absolute Gasteiger partial charge is 0.507 e. The summed E-state index contributed by atoms with van der Waals surface area (Å²) < 4.78 is 0. The average Bonchev–Trinajstić information content (AvgIpc) is 2.38. The third-order valence-electron chi connectivity index (χ3n) is 3.62. The molecule has 0 bridgehead atoms. The number of halogens is 1. The molecule has 0 aromatic heterocycles. The molecule has 1 aliphatic heterocycles. The van der Waals surface area contributed by atoms with Crippen molar-refractivity contribution in [3.8, 4) is 5.75 Å². The van der Waals surface area contributed by atoms with Crippen LogP contribution in [0.15, 0.2) is 24.3 Å². The van der Waals surface area contributed by atoms with Gasteiger partial charge in [-0.15, -0.1) is 0 Å². The second-order valence-electron chi connectivity index (χ2n) is 5.18. The SMILES string of the molecule is CC(Br)CC1CCCCN1C(=O)c1ccccc1O. The van der Waals surface area contributed by atoms with Gasteiger partial charge in [-0.05, 0) is 37.8 Å². The van der Waals surface area contributed by atoms with E-state index in [1.807, 2.05) is 4.90 Å². The van der Waals surface area contributed by atoms with E-state index in [0.29, 0.717) is 10.4 Å². The minimum absolute atomic E-state index is 0.0454. The fourth-order valence-corrected chi connectivity index (χ4v) is 3.13. The van der Waals surface area contributed by atoms with E-state index in [4.69, 9.17) is 0 Å². The third-order valence-corrected chi connectivity index (χ3v) is 3.99. The number of rotatable bonds is 3. The number of carbonyl (C=O) groups is 1. The molecule has 4 heteroatoms. The molecule has 19 heavy (non-hydrogen) atoms. The van der Waals surface area contributed by atoms with Crippen molar-refractivity contribution in [3.05, 3.63) is 29.8 Å². The van der Waals surface area contributed by atoms with Gasteiger partial charge in [0, 0.05) is 17.4 Å². The minimum atomic E-state index is -0.0454. The lowest BCUT2D eigenvalue weighted by Crippen LogP contribution is -2.44. The Balaban J connectivity index is 2.18. The fraction of sp³-hybridized carbons (Fsp3) is 0.533. The molecule has 0 aliphatic carbocycles. The average molecular weight is 326 g/mol. The van der Waals surface area contributed by atoms with Gasteiger partial charge in [0.15, 0.2) is 0 Å². The highest BCUT2D eigenvalue weighted by Crippen LogP contribution is 2.27. The van der Waals surface area contributed by atoms with Crippen molar-refractivity contribution in [2.45, 2.75) is 43.5 Å². The van der Waals surface area contributed by atoms with Crippen LogP contribution in [0.3, 0.4) is 0 Å². The number of carbonyl (C=O) groups excluding carboxylic acids is 1. The summed E-state index contributed by atoms with van der Waals surface area (Å²) in [6, 6.07) is 7.06. The molecule has 1 amide bonds. The molecule has 1 aliphatic rings. The van der Waals surface area contributed by atoms with Crippen LogP contribution >= 0.6 is 15.9 Å². The summed E-state index contributed by atoms with van der Waals surface area (Å²) in [5.74, 6) is 0.0275. The second-order valence-corrected chi connectivity index (χ2v) is 6.74. The van der Waals surface area contributed by atoms with Gasteiger partial charge in [-0.3, -0.25) is 4.79 Å². The van der Waals surface area contributed by atoms with Crippen LogP contribution in [0.1, 0.15) is 43.0 Å². The van der Waals surface area contributed by atoms with E-state index < -0.39 is 0 Å². The van der Waals surface area contributed by atoms with Crippen molar-refractivity contribution in [2.24, 2.45) is 0 Å². The minimum Gasteiger partial charge on any atom is -0.507 e. The molecule has 1 N–H and O–H groups in total. The monoisotopic (exact) mass is 325 g/mol. The molecular weight excluding hydrogens is 306 g/mol. The molecular formula is C15H20BrNO2. The number of alkyl halides is 1. The second kappa shape index (κ2) is 6.42. The van der Waals surface area contributed by atoms with E-state index in [1.54, 1.807) is 24.3 Å². The number of hydrogen-bond donors (Lipinski definition) is 1. The van der Waals surface area contributed by atoms with Crippen LogP contribution in [-0.2, 0) is 0 Å². The van der Waals surface area contributed by atoms with E-state index >= 15 is 0 Å². The lowest BCUT2D eigenvalue weighted by atomic mass is 9.97. The number of para-hydroxylation sites is 1. The number of benzene rings is 1. The molecule has 1 saturated heterocycles. The first kappa shape index (κ1) is 14.4. The molecule has 1 heterocycles. The summed E-state index contributed by atoms with van der Waals surface area (Å²) in [7, 11) is 0. The lowest BCUT2D eigenvalue weighted by Gasteiger charge is -2.36. The zero-order valence-electron chi connectivity index (χ0n) is 11.2. The topological polar surface area (TPSA) is 40.5 Å². The summed E-state index contributed by atoms with van der Waals surface area (Å²) in [6.07, 6.45) is 4.23. The Morgan fingerprint density at radius 3 is 2.89 bits per heavy atom. The van der Waals surface area contributed by atoms with Gasteiger partial charge in [0.25, 0.3) is 5.91 Å². The van der Waals surface area contributed by atoms with Gasteiger partial charge in [-0.2, -0.15) is 0 Å². The van der Waals surface area contributed by atoms with Crippen LogP contribution in [0.25, 0.3) is 0 Å². The molecule has 1 aromatic rings. The van der Waals surface area contributed by atoms with Crippen LogP contribution in [0.2, 0.25) is 0 Å². The Labute approximate surface area is 122 Å². The van der Waals surface area contributed by atoms with E-state index in [0.717, 1.165) is 25.8 Å². The van der Waals surface area contributed by atoms with E-state index in [-0.39, 0.29) is 17.7 Å². The molecule has 1 aromatic carbocycles. The molecule has 2 atom stereocenters. The van der Waals surface area contributed by atoms with Gasteiger partial charge in [0.2, 0.25) is 0 Å². The van der Waals surface area contributed by atoms with Gasteiger partial charge in [-0.1, -0.05) is 35.0 Å². The molecule has 2 rings (SSSR count). The number of phenols is 1. The Morgan fingerprint density at radius 1 is 1.47 bits per heavy atom. The molecule has 104 valence electrons. The highest BCUT2D eigenvalue weighted by Gasteiger charge is 2.29. The van der Waals surface area contributed by atoms with Crippen LogP contribution in [0.5, 0.6) is 5.75 Å². The predicted octanol–water partition coefficient (Wildman–Crippen LogP) is 3.56. The van der Waals surface area contributed by atoms with Gasteiger partial charge in [-0.25, -0.2) is 0 Å². The quantitative estimate of drug-likeness (QED) is 0.863. The molecule has 3 nitrogen and oxygen atoms in total. The molecule has 0 radical (unpaired) electrons. The standard InChI is InChI=1S/C15H20BrNO2/c1-11(16)10-12-6-4-5-9-17(12)15(19)13-7-2-3-8-14(13)18/h2-3,7-8,11-12,18H,4-6,9-10H2,1H3. The summed E-state index contributed by atoms with van der Waals surface area (Å²) in [5.41, 5.74) is 0.414. The first-order chi connectivity index (χ1) is 9.09. The Kier molecular flexibility index (Phi) is 4.86. The van der Waals surface area contributed by atoms with Crippen LogP contribution < -0.4 is 0 Å². The van der Waals surface area contributed by atoms with Crippen molar-refractivity contribution < 1.29 is 9.90 Å². The summed E-state index contributed by atoms with van der Waals surface area (Å²) >= 11 is 3.57. The number of aromatic hydroxyl groups is 1. The zero-order chi connectivity index (χ0) is 13.8. The zero-order valence-corrected chi connectivity index (χ0v) is 12.8. The summed E-state index contributed by atoms with van der Waals surface area (Å²) in [6.45, 7) is 2.90. The molecule has 0 saturated carbocycles. The van der Waals surface area contributed by atoms with E-state index in [1.165, 1.54) is 6.42 Å². The lowest BCUT2D eigenvalue weighted by molar-refractivity contribution is 0.0600. The number of phenolic OH excluding ortho intramolecular Hbond substituents is 1. The van der Waals surface area contributed by atoms with Gasteiger partial charge >= 0.3 is 0 Å². The van der Waals surface area contributed by atoms with Crippen molar-refractivity contribution >= 4 is 21.8 Å². The Bertz CT molecular complexity index is 448. The Morgan fingerprint density at radius 2 is 2.21 bits per heavy atom. The van der Waals surface area contributed by atoms with Crippen molar-refractivity contribution in [3.63, 3.8) is 0 Å². The summed E-state index contributed by atoms with van der Waals surface area (Å²) in [4.78, 5) is 14.9. The van der Waals surface area contributed by atoms with Gasteiger partial charge in [0.1, 0.15) is 5.75 Å². The van der Waals surface area contributed by atoms with Crippen molar-refractivity contribution in [1.82, 2.24) is 4.90 Å². The molecule has 0 spiro atoms. The Hall–Kier alpha value is -1.03. The number of likely N-dealkylation sites (tertiary alicyclic amines) is 1. The molecule has 2 unspecified atom stereocenters. The van der Waals surface area contributed by atoms with Crippen LogP contribution in [0, 0.1) is 0 Å².